The number of hydrogen-bond donors (Lipinski definition) is 1. The molecule has 1 fully saturated rings. The van der Waals surface area contributed by atoms with Gasteiger partial charge in [-0.3, -0.25) is 9.88 Å². The minimum absolute atomic E-state index is 0.581. The molecule has 0 bridgehead atoms. The topological polar surface area (TPSA) is 28.2 Å². The minimum atomic E-state index is 0.581. The summed E-state index contributed by atoms with van der Waals surface area (Å²) in [6.45, 7) is 6.67. The van der Waals surface area contributed by atoms with Crippen LogP contribution in [-0.4, -0.2) is 35.6 Å². The highest BCUT2D eigenvalue weighted by Gasteiger charge is 2.18. The second kappa shape index (κ2) is 6.20. The van der Waals surface area contributed by atoms with Gasteiger partial charge in [-0.1, -0.05) is 12.1 Å². The Hall–Kier alpha value is -0.970. The summed E-state index contributed by atoms with van der Waals surface area (Å²) in [7, 11) is 0. The molecular weight excluding hydrogens is 314 g/mol. The molecule has 1 saturated heterocycles. The summed E-state index contributed by atoms with van der Waals surface area (Å²) < 4.78 is 1.21. The van der Waals surface area contributed by atoms with Crippen LogP contribution in [0.2, 0.25) is 0 Å². The fraction of sp³-hybridized carbons (Fsp3) is 0.438. The first kappa shape index (κ1) is 14.0. The number of fused-ring (bicyclic) bond motifs is 1. The van der Waals surface area contributed by atoms with Crippen LogP contribution in [-0.2, 0) is 6.54 Å². The van der Waals surface area contributed by atoms with Crippen LogP contribution in [0.3, 0.4) is 0 Å². The molecule has 0 saturated carbocycles. The maximum absolute atomic E-state index is 4.18. The lowest BCUT2D eigenvalue weighted by molar-refractivity contribution is 0.213. The molecule has 0 aliphatic carbocycles. The molecule has 0 amide bonds. The first-order valence-electron chi connectivity index (χ1n) is 7.21. The number of rotatable bonds is 2. The molecule has 1 N–H and O–H groups in total. The molecule has 20 heavy (non-hydrogen) atoms. The number of halogens is 1. The van der Waals surface area contributed by atoms with Crippen LogP contribution < -0.4 is 5.32 Å². The van der Waals surface area contributed by atoms with E-state index in [0.29, 0.717) is 6.04 Å². The van der Waals surface area contributed by atoms with Crippen LogP contribution in [0.4, 0.5) is 0 Å². The van der Waals surface area contributed by atoms with E-state index in [1.807, 2.05) is 12.4 Å². The molecule has 2 aromatic rings. The molecule has 1 atom stereocenters. The molecule has 1 aliphatic heterocycles. The van der Waals surface area contributed by atoms with Crippen molar-refractivity contribution in [2.45, 2.75) is 25.9 Å². The lowest BCUT2D eigenvalue weighted by Gasteiger charge is -2.27. The van der Waals surface area contributed by atoms with E-state index in [-0.39, 0.29) is 0 Å². The monoisotopic (exact) mass is 333 g/mol. The number of nitrogens with one attached hydrogen (secondary N) is 1. The van der Waals surface area contributed by atoms with Crippen molar-refractivity contribution < 1.29 is 0 Å². The Labute approximate surface area is 128 Å². The molecule has 0 unspecified atom stereocenters. The molecule has 1 aromatic carbocycles. The van der Waals surface area contributed by atoms with Crippen molar-refractivity contribution in [3.63, 3.8) is 0 Å². The minimum Gasteiger partial charge on any atom is -0.315 e. The zero-order valence-electron chi connectivity index (χ0n) is 11.8. The molecular formula is C16H20BrN3. The standard InChI is InChI=1S/C16H20BrN3/c1-12-9-18-6-2-8-20(12)11-14-4-3-13-10-19-7-5-15(13)16(14)17/h3-5,7,10,12,18H,2,6,8-9,11H2,1H3/t12-/m1/s1. The van der Waals surface area contributed by atoms with E-state index in [0.717, 1.165) is 26.2 Å². The van der Waals surface area contributed by atoms with Gasteiger partial charge < -0.3 is 5.32 Å². The van der Waals surface area contributed by atoms with E-state index >= 15 is 0 Å². The molecule has 2 heterocycles. The summed E-state index contributed by atoms with van der Waals surface area (Å²) in [4.78, 5) is 6.75. The van der Waals surface area contributed by atoms with Crippen LogP contribution in [0.15, 0.2) is 35.1 Å². The highest BCUT2D eigenvalue weighted by molar-refractivity contribution is 9.10. The Balaban J connectivity index is 1.88. The largest absolute Gasteiger partial charge is 0.315 e. The van der Waals surface area contributed by atoms with Gasteiger partial charge in [0.1, 0.15) is 0 Å². The average Bonchev–Trinajstić information content (AvgIpc) is 2.67. The van der Waals surface area contributed by atoms with Crippen LogP contribution >= 0.6 is 15.9 Å². The Morgan fingerprint density at radius 1 is 1.40 bits per heavy atom. The molecule has 3 nitrogen and oxygen atoms in total. The van der Waals surface area contributed by atoms with Crippen molar-refractivity contribution in [2.24, 2.45) is 0 Å². The number of aromatic nitrogens is 1. The maximum atomic E-state index is 4.18. The molecule has 3 rings (SSSR count). The Bertz CT molecular complexity index is 599. The van der Waals surface area contributed by atoms with Crippen molar-refractivity contribution in [1.82, 2.24) is 15.2 Å². The van der Waals surface area contributed by atoms with Crippen molar-refractivity contribution >= 4 is 26.7 Å². The Morgan fingerprint density at radius 3 is 3.20 bits per heavy atom. The van der Waals surface area contributed by atoms with E-state index < -0.39 is 0 Å². The molecule has 106 valence electrons. The van der Waals surface area contributed by atoms with Crippen molar-refractivity contribution in [3.8, 4) is 0 Å². The van der Waals surface area contributed by atoms with E-state index in [4.69, 9.17) is 0 Å². The fourth-order valence-electron chi connectivity index (χ4n) is 2.82. The fourth-order valence-corrected chi connectivity index (χ4v) is 3.44. The van der Waals surface area contributed by atoms with Gasteiger partial charge in [-0.05, 0) is 52.8 Å². The van der Waals surface area contributed by atoms with Gasteiger partial charge in [0.15, 0.2) is 0 Å². The second-order valence-electron chi connectivity index (χ2n) is 5.51. The normalized spacial score (nSPS) is 21.0. The summed E-state index contributed by atoms with van der Waals surface area (Å²) in [5.41, 5.74) is 1.36. The van der Waals surface area contributed by atoms with Gasteiger partial charge in [0.2, 0.25) is 0 Å². The van der Waals surface area contributed by atoms with Crippen molar-refractivity contribution in [3.05, 3.63) is 40.6 Å². The Kier molecular flexibility index (Phi) is 4.34. The quantitative estimate of drug-likeness (QED) is 0.914. The Morgan fingerprint density at radius 2 is 2.30 bits per heavy atom. The third kappa shape index (κ3) is 2.87. The number of hydrogen-bond acceptors (Lipinski definition) is 3. The second-order valence-corrected chi connectivity index (χ2v) is 6.31. The van der Waals surface area contributed by atoms with Crippen molar-refractivity contribution in [1.29, 1.82) is 0 Å². The zero-order chi connectivity index (χ0) is 13.9. The summed E-state index contributed by atoms with van der Waals surface area (Å²) in [5.74, 6) is 0. The molecule has 0 radical (unpaired) electrons. The molecule has 0 spiro atoms. The van der Waals surface area contributed by atoms with Gasteiger partial charge in [0.25, 0.3) is 0 Å². The van der Waals surface area contributed by atoms with Crippen LogP contribution in [0, 0.1) is 0 Å². The summed E-state index contributed by atoms with van der Waals surface area (Å²) in [6, 6.07) is 7.05. The summed E-state index contributed by atoms with van der Waals surface area (Å²) in [6.07, 6.45) is 5.00. The third-order valence-electron chi connectivity index (χ3n) is 4.07. The summed E-state index contributed by atoms with van der Waals surface area (Å²) >= 11 is 3.78. The van der Waals surface area contributed by atoms with E-state index in [1.54, 1.807) is 0 Å². The molecule has 4 heteroatoms. The van der Waals surface area contributed by atoms with Crippen LogP contribution in [0.1, 0.15) is 18.9 Å². The smallest absolute Gasteiger partial charge is 0.0346 e. The highest BCUT2D eigenvalue weighted by Crippen LogP contribution is 2.28. The highest BCUT2D eigenvalue weighted by atomic mass is 79.9. The van der Waals surface area contributed by atoms with Crippen molar-refractivity contribution in [2.75, 3.05) is 19.6 Å². The molecule has 1 aliphatic rings. The van der Waals surface area contributed by atoms with Gasteiger partial charge in [-0.15, -0.1) is 0 Å². The van der Waals surface area contributed by atoms with Crippen LogP contribution in [0.25, 0.3) is 10.8 Å². The van der Waals surface area contributed by atoms with Gasteiger partial charge >= 0.3 is 0 Å². The van der Waals surface area contributed by atoms with Gasteiger partial charge in [-0.25, -0.2) is 0 Å². The third-order valence-corrected chi connectivity index (χ3v) is 5.01. The van der Waals surface area contributed by atoms with E-state index in [1.165, 1.54) is 27.2 Å². The van der Waals surface area contributed by atoms with Gasteiger partial charge in [-0.2, -0.15) is 0 Å². The SMILES string of the molecule is C[C@@H]1CNCCCN1Cc1ccc2cnccc2c1Br. The first-order chi connectivity index (χ1) is 9.75. The zero-order valence-corrected chi connectivity index (χ0v) is 13.4. The lowest BCUT2D eigenvalue weighted by atomic mass is 10.1. The maximum Gasteiger partial charge on any atom is 0.0346 e. The van der Waals surface area contributed by atoms with E-state index in [2.05, 4.69) is 56.3 Å². The lowest BCUT2D eigenvalue weighted by Crippen LogP contribution is -2.36. The van der Waals surface area contributed by atoms with Gasteiger partial charge in [0.05, 0.1) is 0 Å². The molecule has 1 aromatic heterocycles. The predicted molar refractivity (Wildman–Crippen MR) is 86.8 cm³/mol. The predicted octanol–water partition coefficient (Wildman–Crippen LogP) is 3.18. The first-order valence-corrected chi connectivity index (χ1v) is 8.01. The van der Waals surface area contributed by atoms with E-state index in [9.17, 15) is 0 Å². The van der Waals surface area contributed by atoms with Gasteiger partial charge in [0, 0.05) is 47.9 Å². The summed E-state index contributed by atoms with van der Waals surface area (Å²) in [5, 5.41) is 5.93. The van der Waals surface area contributed by atoms with Crippen LogP contribution in [0.5, 0.6) is 0 Å². The average molecular weight is 334 g/mol. The number of benzene rings is 1. The number of nitrogens with zero attached hydrogens (tertiary/aromatic N) is 2. The number of pyridine rings is 1.